The highest BCUT2D eigenvalue weighted by Gasteiger charge is 2.17. The molecule has 0 saturated carbocycles. The first-order valence-corrected chi connectivity index (χ1v) is 10.8. The van der Waals surface area contributed by atoms with Gasteiger partial charge in [0.1, 0.15) is 11.6 Å². The second-order valence-corrected chi connectivity index (χ2v) is 8.18. The highest BCUT2D eigenvalue weighted by Crippen LogP contribution is 2.25. The third-order valence-corrected chi connectivity index (χ3v) is 5.41. The van der Waals surface area contributed by atoms with Crippen LogP contribution in [-0.2, 0) is 17.1 Å². The Hall–Kier alpha value is -2.10. The number of aromatic nitrogens is 2. The van der Waals surface area contributed by atoms with Crippen LogP contribution in [0.3, 0.4) is 0 Å². The summed E-state index contributed by atoms with van der Waals surface area (Å²) in [7, 11) is 5.60. The van der Waals surface area contributed by atoms with Crippen LogP contribution in [0.4, 0.5) is 5.82 Å². The number of hydrogen-bond acceptors (Lipinski definition) is 8. The number of carbonyl (C=O) groups is 1. The van der Waals surface area contributed by atoms with Crippen molar-refractivity contribution in [3.05, 3.63) is 35.4 Å². The average molecular weight is 420 g/mol. The largest absolute Gasteiger partial charge is 0.455 e. The molecular formula is C20H29N5O3S. The smallest absolute Gasteiger partial charge is 0.287 e. The van der Waals surface area contributed by atoms with E-state index in [1.807, 2.05) is 31.1 Å². The fourth-order valence-corrected chi connectivity index (χ4v) is 3.81. The van der Waals surface area contributed by atoms with Gasteiger partial charge < -0.3 is 24.3 Å². The summed E-state index contributed by atoms with van der Waals surface area (Å²) < 4.78 is 11.0. The molecule has 9 heteroatoms. The van der Waals surface area contributed by atoms with E-state index in [4.69, 9.17) is 14.1 Å². The number of ether oxygens (including phenoxy) is 1. The van der Waals surface area contributed by atoms with E-state index in [1.54, 1.807) is 13.2 Å². The maximum absolute atomic E-state index is 12.1. The van der Waals surface area contributed by atoms with Crippen LogP contribution in [0.15, 0.2) is 27.8 Å². The number of anilines is 1. The Bertz CT molecular complexity index is 805. The summed E-state index contributed by atoms with van der Waals surface area (Å²) in [5.41, 5.74) is 0.868. The summed E-state index contributed by atoms with van der Waals surface area (Å²) in [5.74, 6) is 2.36. The Labute approximate surface area is 176 Å². The second kappa shape index (κ2) is 10.6. The zero-order chi connectivity index (χ0) is 20.6. The normalized spacial score (nSPS) is 14.0. The van der Waals surface area contributed by atoms with Crippen molar-refractivity contribution < 1.29 is 13.9 Å². The van der Waals surface area contributed by atoms with Crippen molar-refractivity contribution in [3.8, 4) is 0 Å². The van der Waals surface area contributed by atoms with Crippen LogP contribution < -0.4 is 10.2 Å². The fourth-order valence-electron chi connectivity index (χ4n) is 3.05. The zero-order valence-electron chi connectivity index (χ0n) is 17.3. The second-order valence-electron chi connectivity index (χ2n) is 7.24. The summed E-state index contributed by atoms with van der Waals surface area (Å²) in [5, 5.41) is 3.54. The maximum atomic E-state index is 12.1. The minimum atomic E-state index is -0.197. The third kappa shape index (κ3) is 6.45. The Morgan fingerprint density at radius 2 is 2.10 bits per heavy atom. The Balaban J connectivity index is 1.60. The highest BCUT2D eigenvalue weighted by molar-refractivity contribution is 7.98. The number of nitrogens with one attached hydrogen (secondary N) is 1. The van der Waals surface area contributed by atoms with E-state index in [2.05, 4.69) is 15.2 Å². The van der Waals surface area contributed by atoms with E-state index in [0.717, 1.165) is 36.9 Å². The van der Waals surface area contributed by atoms with Crippen molar-refractivity contribution in [2.45, 2.75) is 30.4 Å². The molecule has 158 valence electrons. The maximum Gasteiger partial charge on any atom is 0.287 e. The van der Waals surface area contributed by atoms with Crippen LogP contribution in [0.1, 0.15) is 34.9 Å². The molecule has 1 amide bonds. The summed E-state index contributed by atoms with van der Waals surface area (Å²) in [6, 6.07) is 5.54. The van der Waals surface area contributed by atoms with E-state index in [9.17, 15) is 4.79 Å². The molecule has 1 saturated heterocycles. The summed E-state index contributed by atoms with van der Waals surface area (Å²) in [6.45, 7) is 3.87. The molecule has 1 fully saturated rings. The lowest BCUT2D eigenvalue weighted by Gasteiger charge is -2.17. The van der Waals surface area contributed by atoms with Crippen molar-refractivity contribution in [1.82, 2.24) is 20.2 Å². The number of amides is 1. The minimum Gasteiger partial charge on any atom is -0.455 e. The molecule has 0 spiro atoms. The first-order chi connectivity index (χ1) is 14.0. The van der Waals surface area contributed by atoms with Crippen molar-refractivity contribution in [2.24, 2.45) is 0 Å². The molecule has 0 aliphatic carbocycles. The first kappa shape index (κ1) is 21.6. The van der Waals surface area contributed by atoms with Gasteiger partial charge in [0.25, 0.3) is 5.91 Å². The number of likely N-dealkylation sites (N-methyl/N-ethyl adjacent to an activating group) is 1. The molecule has 1 N–H and O–H groups in total. The number of furan rings is 1. The van der Waals surface area contributed by atoms with Crippen LogP contribution in [-0.4, -0.2) is 68.2 Å². The van der Waals surface area contributed by atoms with E-state index in [0.29, 0.717) is 29.8 Å². The average Bonchev–Trinajstić information content (AvgIpc) is 3.38. The van der Waals surface area contributed by atoms with Crippen LogP contribution in [0.25, 0.3) is 0 Å². The molecule has 0 atom stereocenters. The SMILES string of the molecule is COCc1cc(N2CCCC2)nc(SCc2ccc(C(=O)NCCN(C)C)o2)n1. The molecule has 8 nitrogen and oxygen atoms in total. The number of rotatable bonds is 10. The molecule has 0 radical (unpaired) electrons. The monoisotopic (exact) mass is 419 g/mol. The number of carbonyl (C=O) groups excluding carboxylic acids is 1. The predicted octanol–water partition coefficient (Wildman–Crippen LogP) is 2.40. The van der Waals surface area contributed by atoms with E-state index < -0.39 is 0 Å². The number of methoxy groups -OCH3 is 1. The molecule has 0 aromatic carbocycles. The van der Waals surface area contributed by atoms with Crippen LogP contribution in [0.5, 0.6) is 0 Å². The number of hydrogen-bond donors (Lipinski definition) is 1. The first-order valence-electron chi connectivity index (χ1n) is 9.81. The summed E-state index contributed by atoms with van der Waals surface area (Å²) in [6.07, 6.45) is 2.38. The van der Waals surface area contributed by atoms with Crippen LogP contribution in [0.2, 0.25) is 0 Å². The summed E-state index contributed by atoms with van der Waals surface area (Å²) in [4.78, 5) is 25.7. The minimum absolute atomic E-state index is 0.197. The quantitative estimate of drug-likeness (QED) is 0.464. The number of nitrogens with zero attached hydrogens (tertiary/aromatic N) is 4. The van der Waals surface area contributed by atoms with Gasteiger partial charge in [-0.05, 0) is 39.1 Å². The lowest BCUT2D eigenvalue weighted by atomic mass is 10.4. The topological polar surface area (TPSA) is 83.7 Å². The van der Waals surface area contributed by atoms with Crippen LogP contribution >= 0.6 is 11.8 Å². The lowest BCUT2D eigenvalue weighted by Crippen LogP contribution is -2.31. The number of thioether (sulfide) groups is 1. The van der Waals surface area contributed by atoms with Crippen molar-refractivity contribution >= 4 is 23.5 Å². The lowest BCUT2D eigenvalue weighted by molar-refractivity contribution is 0.0922. The van der Waals surface area contributed by atoms with Gasteiger partial charge >= 0.3 is 0 Å². The highest BCUT2D eigenvalue weighted by atomic mass is 32.2. The molecule has 2 aromatic heterocycles. The summed E-state index contributed by atoms with van der Waals surface area (Å²) >= 11 is 1.50. The Morgan fingerprint density at radius 1 is 1.31 bits per heavy atom. The molecular weight excluding hydrogens is 390 g/mol. The van der Waals surface area contributed by atoms with Crippen LogP contribution in [0, 0.1) is 0 Å². The van der Waals surface area contributed by atoms with Gasteiger partial charge in [0.05, 0.1) is 18.1 Å². The van der Waals surface area contributed by atoms with Gasteiger partial charge in [-0.25, -0.2) is 9.97 Å². The fraction of sp³-hybridized carbons (Fsp3) is 0.550. The zero-order valence-corrected chi connectivity index (χ0v) is 18.1. The predicted molar refractivity (Wildman–Crippen MR) is 113 cm³/mol. The van der Waals surface area contributed by atoms with Gasteiger partial charge in [0.15, 0.2) is 10.9 Å². The van der Waals surface area contributed by atoms with E-state index >= 15 is 0 Å². The van der Waals surface area contributed by atoms with E-state index in [1.165, 1.54) is 24.6 Å². The third-order valence-electron chi connectivity index (χ3n) is 4.54. The molecule has 0 bridgehead atoms. The van der Waals surface area contributed by atoms with Gasteiger partial charge in [0.2, 0.25) is 0 Å². The Kier molecular flexibility index (Phi) is 7.91. The Morgan fingerprint density at radius 3 is 2.83 bits per heavy atom. The van der Waals surface area contributed by atoms with Crippen molar-refractivity contribution in [1.29, 1.82) is 0 Å². The van der Waals surface area contributed by atoms with E-state index in [-0.39, 0.29) is 5.91 Å². The van der Waals surface area contributed by atoms with Gasteiger partial charge in [0, 0.05) is 39.4 Å². The molecule has 2 aromatic rings. The molecule has 1 aliphatic rings. The van der Waals surface area contributed by atoms with Gasteiger partial charge in [-0.1, -0.05) is 11.8 Å². The van der Waals surface area contributed by atoms with Crippen molar-refractivity contribution in [2.75, 3.05) is 52.3 Å². The molecule has 0 unspecified atom stereocenters. The van der Waals surface area contributed by atoms with Gasteiger partial charge in [-0.3, -0.25) is 4.79 Å². The van der Waals surface area contributed by atoms with Crippen molar-refractivity contribution in [3.63, 3.8) is 0 Å². The molecule has 1 aliphatic heterocycles. The molecule has 3 heterocycles. The standard InChI is InChI=1S/C20H29N5O3S/c1-24(2)11-8-21-19(26)17-7-6-16(28-17)14-29-20-22-15(13-27-3)12-18(23-20)25-9-4-5-10-25/h6-7,12H,4-5,8-11,13-14H2,1-3H3,(H,21,26). The molecule has 29 heavy (non-hydrogen) atoms. The molecule has 3 rings (SSSR count). The van der Waals surface area contributed by atoms with Gasteiger partial charge in [-0.15, -0.1) is 0 Å². The van der Waals surface area contributed by atoms with Gasteiger partial charge in [-0.2, -0.15) is 0 Å².